The van der Waals surface area contributed by atoms with Crippen LogP contribution in [-0.2, 0) is 20.7 Å². The molecule has 5 heteroatoms. The smallest absolute Gasteiger partial charge is 0.305 e. The van der Waals surface area contributed by atoms with Crippen molar-refractivity contribution in [2.75, 3.05) is 6.61 Å². The number of fused-ring (bicyclic) bond motifs is 1. The molecule has 106 valence electrons. The van der Waals surface area contributed by atoms with Gasteiger partial charge in [0.1, 0.15) is 10.8 Å². The third-order valence-electron chi connectivity index (χ3n) is 2.83. The fraction of sp³-hybridized carbons (Fsp3) is 0.400. The van der Waals surface area contributed by atoms with Crippen LogP contribution in [0.1, 0.15) is 31.2 Å². The van der Waals surface area contributed by atoms with Gasteiger partial charge in [-0.3, -0.25) is 9.59 Å². The summed E-state index contributed by atoms with van der Waals surface area (Å²) in [6.45, 7) is 2.16. The number of para-hydroxylation sites is 1. The van der Waals surface area contributed by atoms with Crippen LogP contribution < -0.4 is 0 Å². The molecule has 2 rings (SSSR count). The highest BCUT2D eigenvalue weighted by Crippen LogP contribution is 2.22. The fourth-order valence-electron chi connectivity index (χ4n) is 1.92. The molecule has 0 saturated carbocycles. The van der Waals surface area contributed by atoms with Crippen LogP contribution in [0.15, 0.2) is 24.3 Å². The van der Waals surface area contributed by atoms with Gasteiger partial charge in [0.25, 0.3) is 0 Å². The normalized spacial score (nSPS) is 10.7. The molecule has 1 heterocycles. The molecule has 0 aliphatic heterocycles. The maximum absolute atomic E-state index is 11.8. The average molecular weight is 291 g/mol. The van der Waals surface area contributed by atoms with E-state index in [1.807, 2.05) is 24.3 Å². The molecule has 0 aliphatic rings. The maximum Gasteiger partial charge on any atom is 0.305 e. The number of carbonyl (C=O) groups excluding carboxylic acids is 2. The number of hydrogen-bond acceptors (Lipinski definition) is 5. The van der Waals surface area contributed by atoms with Gasteiger partial charge < -0.3 is 4.74 Å². The lowest BCUT2D eigenvalue weighted by Gasteiger charge is -2.00. The quantitative estimate of drug-likeness (QED) is 0.735. The monoisotopic (exact) mass is 291 g/mol. The minimum Gasteiger partial charge on any atom is -0.466 e. The first-order valence-corrected chi connectivity index (χ1v) is 7.52. The second kappa shape index (κ2) is 7.14. The minimum absolute atomic E-state index is 0.119. The Morgan fingerprint density at radius 1 is 1.25 bits per heavy atom. The molecule has 0 N–H and O–H groups in total. The number of Topliss-reactive ketones (excluding diaryl/α,β-unsaturated/α-hetero) is 1. The molecular formula is C15H17NO3S. The van der Waals surface area contributed by atoms with Crippen molar-refractivity contribution in [2.24, 2.45) is 0 Å². The molecule has 0 saturated heterocycles. The predicted octanol–water partition coefficient (Wildman–Crippen LogP) is 3.14. The van der Waals surface area contributed by atoms with E-state index in [2.05, 4.69) is 4.98 Å². The molecule has 0 spiro atoms. The zero-order chi connectivity index (χ0) is 14.4. The van der Waals surface area contributed by atoms with E-state index in [0.717, 1.165) is 15.2 Å². The third kappa shape index (κ3) is 4.13. The summed E-state index contributed by atoms with van der Waals surface area (Å²) >= 11 is 1.55. The number of esters is 1. The highest BCUT2D eigenvalue weighted by atomic mass is 32.1. The fourth-order valence-corrected chi connectivity index (χ4v) is 2.91. The Labute approximate surface area is 121 Å². The maximum atomic E-state index is 11.8. The second-order valence-corrected chi connectivity index (χ2v) is 5.56. The summed E-state index contributed by atoms with van der Waals surface area (Å²) in [5.74, 6) is -0.117. The standard InChI is InChI=1S/C15H17NO3S/c1-2-19-15(18)9-5-6-11(17)10-14-16-12-7-3-4-8-13(12)20-14/h3-4,7-8H,2,5-6,9-10H2,1H3. The summed E-state index contributed by atoms with van der Waals surface area (Å²) in [6.07, 6.45) is 1.60. The number of rotatable bonds is 7. The lowest BCUT2D eigenvalue weighted by molar-refractivity contribution is -0.143. The van der Waals surface area contributed by atoms with Gasteiger partial charge >= 0.3 is 5.97 Å². The number of ether oxygens (including phenoxy) is 1. The molecule has 0 aliphatic carbocycles. The van der Waals surface area contributed by atoms with E-state index >= 15 is 0 Å². The van der Waals surface area contributed by atoms with Crippen LogP contribution in [0, 0.1) is 0 Å². The molecule has 4 nitrogen and oxygen atoms in total. The molecule has 0 atom stereocenters. The summed E-state index contributed by atoms with van der Waals surface area (Å²) in [5.41, 5.74) is 0.937. The van der Waals surface area contributed by atoms with Gasteiger partial charge in [-0.15, -0.1) is 11.3 Å². The van der Waals surface area contributed by atoms with Gasteiger partial charge in [0, 0.05) is 12.8 Å². The minimum atomic E-state index is -0.236. The number of aromatic nitrogens is 1. The molecule has 0 fully saturated rings. The Balaban J connectivity index is 1.81. The Hall–Kier alpha value is -1.75. The zero-order valence-electron chi connectivity index (χ0n) is 11.4. The number of hydrogen-bond donors (Lipinski definition) is 0. The highest BCUT2D eigenvalue weighted by Gasteiger charge is 2.10. The van der Waals surface area contributed by atoms with Gasteiger partial charge in [0.15, 0.2) is 0 Å². The molecule has 1 aromatic carbocycles. The summed E-state index contributed by atoms with van der Waals surface area (Å²) in [6, 6.07) is 7.85. The molecule has 2 aromatic rings. The van der Waals surface area contributed by atoms with Crippen LogP contribution in [0.3, 0.4) is 0 Å². The van der Waals surface area contributed by atoms with Crippen molar-refractivity contribution in [3.05, 3.63) is 29.3 Å². The van der Waals surface area contributed by atoms with E-state index in [4.69, 9.17) is 4.74 Å². The van der Waals surface area contributed by atoms with Crippen molar-refractivity contribution in [2.45, 2.75) is 32.6 Å². The largest absolute Gasteiger partial charge is 0.466 e. The lowest BCUT2D eigenvalue weighted by atomic mass is 10.1. The summed E-state index contributed by atoms with van der Waals surface area (Å²) in [7, 11) is 0. The molecular weight excluding hydrogens is 274 g/mol. The van der Waals surface area contributed by atoms with Gasteiger partial charge in [0.2, 0.25) is 0 Å². The third-order valence-corrected chi connectivity index (χ3v) is 3.86. The molecule has 1 aromatic heterocycles. The zero-order valence-corrected chi connectivity index (χ0v) is 12.2. The van der Waals surface area contributed by atoms with Crippen molar-refractivity contribution in [1.29, 1.82) is 0 Å². The molecule has 20 heavy (non-hydrogen) atoms. The van der Waals surface area contributed by atoms with Crippen molar-refractivity contribution < 1.29 is 14.3 Å². The topological polar surface area (TPSA) is 56.3 Å². The second-order valence-electron chi connectivity index (χ2n) is 4.45. The van der Waals surface area contributed by atoms with Gasteiger partial charge in [-0.05, 0) is 25.5 Å². The Kier molecular flexibility index (Phi) is 5.24. The molecule has 0 unspecified atom stereocenters. The summed E-state index contributed by atoms with van der Waals surface area (Å²) in [5, 5.41) is 0.840. The van der Waals surface area contributed by atoms with Gasteiger partial charge in [0.05, 0.1) is 23.2 Å². The van der Waals surface area contributed by atoms with Crippen LogP contribution >= 0.6 is 11.3 Å². The van der Waals surface area contributed by atoms with Crippen LogP contribution in [0.2, 0.25) is 0 Å². The van der Waals surface area contributed by atoms with Crippen molar-refractivity contribution in [3.63, 3.8) is 0 Å². The van der Waals surface area contributed by atoms with Crippen LogP contribution in [-0.4, -0.2) is 23.3 Å². The first kappa shape index (κ1) is 14.7. The lowest BCUT2D eigenvalue weighted by Crippen LogP contribution is -2.07. The first-order valence-electron chi connectivity index (χ1n) is 6.71. The molecule has 0 bridgehead atoms. The van der Waals surface area contributed by atoms with E-state index in [1.165, 1.54) is 0 Å². The number of thiazole rings is 1. The van der Waals surface area contributed by atoms with E-state index in [9.17, 15) is 9.59 Å². The Morgan fingerprint density at radius 3 is 2.80 bits per heavy atom. The van der Waals surface area contributed by atoms with Crippen LogP contribution in [0.5, 0.6) is 0 Å². The van der Waals surface area contributed by atoms with E-state index in [0.29, 0.717) is 32.3 Å². The van der Waals surface area contributed by atoms with Gasteiger partial charge in [-0.25, -0.2) is 4.98 Å². The number of ketones is 1. The van der Waals surface area contributed by atoms with Crippen molar-refractivity contribution in [3.8, 4) is 0 Å². The number of carbonyl (C=O) groups is 2. The average Bonchev–Trinajstić information content (AvgIpc) is 2.80. The SMILES string of the molecule is CCOC(=O)CCCC(=O)Cc1nc2ccccc2s1. The van der Waals surface area contributed by atoms with Crippen LogP contribution in [0.25, 0.3) is 10.2 Å². The van der Waals surface area contributed by atoms with Crippen molar-refractivity contribution >= 4 is 33.3 Å². The van der Waals surface area contributed by atoms with E-state index in [1.54, 1.807) is 18.3 Å². The molecule has 0 amide bonds. The van der Waals surface area contributed by atoms with E-state index < -0.39 is 0 Å². The number of benzene rings is 1. The van der Waals surface area contributed by atoms with Gasteiger partial charge in [-0.1, -0.05) is 12.1 Å². The highest BCUT2D eigenvalue weighted by molar-refractivity contribution is 7.18. The summed E-state index contributed by atoms with van der Waals surface area (Å²) in [4.78, 5) is 27.4. The first-order chi connectivity index (χ1) is 9.69. The van der Waals surface area contributed by atoms with Gasteiger partial charge in [-0.2, -0.15) is 0 Å². The summed E-state index contributed by atoms with van der Waals surface area (Å²) < 4.78 is 5.92. The van der Waals surface area contributed by atoms with Crippen LogP contribution in [0.4, 0.5) is 0 Å². The Bertz CT molecular complexity index is 573. The van der Waals surface area contributed by atoms with E-state index in [-0.39, 0.29) is 11.8 Å². The predicted molar refractivity (Wildman–Crippen MR) is 78.8 cm³/mol. The van der Waals surface area contributed by atoms with Crippen molar-refractivity contribution in [1.82, 2.24) is 4.98 Å². The number of nitrogens with zero attached hydrogens (tertiary/aromatic N) is 1. The molecule has 0 radical (unpaired) electrons. The Morgan fingerprint density at radius 2 is 2.05 bits per heavy atom.